The van der Waals surface area contributed by atoms with Gasteiger partial charge in [-0.1, -0.05) is 19.8 Å². The Morgan fingerprint density at radius 3 is 2.59 bits per heavy atom. The SMILES string of the molecule is CCC(=O)Nc1cc(S(=O)(=O)NC2CCCC2)ccc1OC. The van der Waals surface area contributed by atoms with Crippen molar-refractivity contribution in [3.8, 4) is 5.75 Å². The number of benzene rings is 1. The highest BCUT2D eigenvalue weighted by molar-refractivity contribution is 7.89. The lowest BCUT2D eigenvalue weighted by Crippen LogP contribution is -2.32. The van der Waals surface area contributed by atoms with Gasteiger partial charge in [0.15, 0.2) is 0 Å². The summed E-state index contributed by atoms with van der Waals surface area (Å²) >= 11 is 0. The van der Waals surface area contributed by atoms with E-state index in [0.29, 0.717) is 17.9 Å². The monoisotopic (exact) mass is 326 g/mol. The second-order valence-electron chi connectivity index (χ2n) is 5.37. The molecule has 0 aliphatic heterocycles. The molecule has 1 aliphatic rings. The summed E-state index contributed by atoms with van der Waals surface area (Å²) in [6.45, 7) is 1.73. The summed E-state index contributed by atoms with van der Waals surface area (Å²) in [5, 5.41) is 2.66. The topological polar surface area (TPSA) is 84.5 Å². The van der Waals surface area contributed by atoms with Gasteiger partial charge in [0.05, 0.1) is 17.7 Å². The lowest BCUT2D eigenvalue weighted by Gasteiger charge is -2.15. The largest absolute Gasteiger partial charge is 0.495 e. The summed E-state index contributed by atoms with van der Waals surface area (Å²) in [7, 11) is -2.12. The second kappa shape index (κ2) is 7.11. The van der Waals surface area contributed by atoms with Crippen molar-refractivity contribution >= 4 is 21.6 Å². The van der Waals surface area contributed by atoms with E-state index >= 15 is 0 Å². The molecule has 0 aromatic heterocycles. The van der Waals surface area contributed by atoms with E-state index < -0.39 is 10.0 Å². The molecule has 0 unspecified atom stereocenters. The van der Waals surface area contributed by atoms with Crippen molar-refractivity contribution in [3.05, 3.63) is 18.2 Å². The summed E-state index contributed by atoms with van der Waals surface area (Å²) in [6.07, 6.45) is 4.14. The van der Waals surface area contributed by atoms with Crippen LogP contribution in [0.5, 0.6) is 5.75 Å². The van der Waals surface area contributed by atoms with E-state index in [9.17, 15) is 13.2 Å². The van der Waals surface area contributed by atoms with Crippen LogP contribution in [0.25, 0.3) is 0 Å². The lowest BCUT2D eigenvalue weighted by atomic mass is 10.3. The Bertz CT molecular complexity index is 637. The molecular formula is C15H22N2O4S. The predicted octanol–water partition coefficient (Wildman–Crippen LogP) is 2.26. The standard InChI is InChI=1S/C15H22N2O4S/c1-3-15(18)16-13-10-12(8-9-14(13)21-2)22(19,20)17-11-6-4-5-7-11/h8-11,17H,3-7H2,1-2H3,(H,16,18). The van der Waals surface area contributed by atoms with Crippen molar-refractivity contribution in [2.24, 2.45) is 0 Å². The predicted molar refractivity (Wildman–Crippen MR) is 84.5 cm³/mol. The molecule has 2 N–H and O–H groups in total. The highest BCUT2D eigenvalue weighted by Crippen LogP contribution is 2.28. The third kappa shape index (κ3) is 3.98. The van der Waals surface area contributed by atoms with Gasteiger partial charge in [0.25, 0.3) is 0 Å². The molecule has 1 saturated carbocycles. The number of methoxy groups -OCH3 is 1. The van der Waals surface area contributed by atoms with Crippen LogP contribution in [0.3, 0.4) is 0 Å². The average Bonchev–Trinajstić information content (AvgIpc) is 2.99. The van der Waals surface area contributed by atoms with E-state index in [4.69, 9.17) is 4.74 Å². The fourth-order valence-electron chi connectivity index (χ4n) is 2.52. The van der Waals surface area contributed by atoms with Gasteiger partial charge in [-0.3, -0.25) is 4.79 Å². The Kier molecular flexibility index (Phi) is 5.42. The van der Waals surface area contributed by atoms with Gasteiger partial charge in [0.1, 0.15) is 5.75 Å². The van der Waals surface area contributed by atoms with Crippen LogP contribution in [0.15, 0.2) is 23.1 Å². The van der Waals surface area contributed by atoms with Gasteiger partial charge >= 0.3 is 0 Å². The zero-order valence-electron chi connectivity index (χ0n) is 12.9. The molecule has 1 aliphatic carbocycles. The number of carbonyl (C=O) groups is 1. The molecule has 0 saturated heterocycles. The molecule has 0 heterocycles. The van der Waals surface area contributed by atoms with Crippen molar-refractivity contribution in [1.29, 1.82) is 0 Å². The van der Waals surface area contributed by atoms with Crippen LogP contribution in [-0.4, -0.2) is 27.5 Å². The Labute approximate surface area is 131 Å². The molecule has 6 nitrogen and oxygen atoms in total. The Balaban J connectivity index is 2.26. The molecule has 0 spiro atoms. The number of carbonyl (C=O) groups excluding carboxylic acids is 1. The van der Waals surface area contributed by atoms with Gasteiger partial charge < -0.3 is 10.1 Å². The maximum atomic E-state index is 12.4. The number of hydrogen-bond acceptors (Lipinski definition) is 4. The summed E-state index contributed by atoms with van der Waals surface area (Å²) in [5.41, 5.74) is 0.364. The summed E-state index contributed by atoms with van der Waals surface area (Å²) in [4.78, 5) is 11.7. The number of sulfonamides is 1. The van der Waals surface area contributed by atoms with Crippen molar-refractivity contribution in [2.75, 3.05) is 12.4 Å². The van der Waals surface area contributed by atoms with Crippen LogP contribution >= 0.6 is 0 Å². The quantitative estimate of drug-likeness (QED) is 0.840. The molecule has 2 rings (SSSR count). The van der Waals surface area contributed by atoms with Gasteiger partial charge in [-0.25, -0.2) is 13.1 Å². The zero-order valence-corrected chi connectivity index (χ0v) is 13.7. The number of amides is 1. The van der Waals surface area contributed by atoms with Crippen molar-refractivity contribution in [2.45, 2.75) is 50.0 Å². The van der Waals surface area contributed by atoms with E-state index in [-0.39, 0.29) is 16.8 Å². The first-order valence-electron chi connectivity index (χ1n) is 7.46. The summed E-state index contributed by atoms with van der Waals surface area (Å²) < 4.78 is 32.7. The van der Waals surface area contributed by atoms with Crippen molar-refractivity contribution in [1.82, 2.24) is 4.72 Å². The Hall–Kier alpha value is -1.60. The van der Waals surface area contributed by atoms with Gasteiger partial charge in [0, 0.05) is 12.5 Å². The maximum Gasteiger partial charge on any atom is 0.240 e. The smallest absolute Gasteiger partial charge is 0.240 e. The van der Waals surface area contributed by atoms with Crippen LogP contribution in [0.2, 0.25) is 0 Å². The minimum atomic E-state index is -3.59. The highest BCUT2D eigenvalue weighted by atomic mass is 32.2. The van der Waals surface area contributed by atoms with Gasteiger partial charge in [-0.2, -0.15) is 0 Å². The molecule has 1 aromatic carbocycles. The Morgan fingerprint density at radius 2 is 2.00 bits per heavy atom. The molecule has 0 bridgehead atoms. The van der Waals surface area contributed by atoms with Crippen LogP contribution in [-0.2, 0) is 14.8 Å². The van der Waals surface area contributed by atoms with Crippen molar-refractivity contribution < 1.29 is 17.9 Å². The Morgan fingerprint density at radius 1 is 1.32 bits per heavy atom. The highest BCUT2D eigenvalue weighted by Gasteiger charge is 2.23. The van der Waals surface area contributed by atoms with Crippen LogP contribution in [0.4, 0.5) is 5.69 Å². The molecule has 0 radical (unpaired) electrons. The number of rotatable bonds is 6. The van der Waals surface area contributed by atoms with Crippen molar-refractivity contribution in [3.63, 3.8) is 0 Å². The molecule has 1 fully saturated rings. The fraction of sp³-hybridized carbons (Fsp3) is 0.533. The lowest BCUT2D eigenvalue weighted by molar-refractivity contribution is -0.115. The summed E-state index contributed by atoms with van der Waals surface area (Å²) in [6, 6.07) is 4.47. The molecule has 22 heavy (non-hydrogen) atoms. The van der Waals surface area contributed by atoms with Crippen LogP contribution in [0.1, 0.15) is 39.0 Å². The van der Waals surface area contributed by atoms with Gasteiger partial charge in [-0.15, -0.1) is 0 Å². The first-order valence-corrected chi connectivity index (χ1v) is 8.95. The molecule has 122 valence electrons. The van der Waals surface area contributed by atoms with E-state index in [1.165, 1.54) is 19.2 Å². The van der Waals surface area contributed by atoms with Gasteiger partial charge in [0.2, 0.25) is 15.9 Å². The molecular weight excluding hydrogens is 304 g/mol. The average molecular weight is 326 g/mol. The number of nitrogens with one attached hydrogen (secondary N) is 2. The van der Waals surface area contributed by atoms with E-state index in [1.54, 1.807) is 13.0 Å². The van der Waals surface area contributed by atoms with Gasteiger partial charge in [-0.05, 0) is 31.0 Å². The zero-order chi connectivity index (χ0) is 16.2. The normalized spacial score (nSPS) is 15.7. The second-order valence-corrected chi connectivity index (χ2v) is 7.08. The van der Waals surface area contributed by atoms with Crippen LogP contribution in [0, 0.1) is 0 Å². The molecule has 0 atom stereocenters. The molecule has 7 heteroatoms. The molecule has 1 amide bonds. The number of ether oxygens (including phenoxy) is 1. The number of hydrogen-bond donors (Lipinski definition) is 2. The van der Waals surface area contributed by atoms with E-state index in [0.717, 1.165) is 25.7 Å². The minimum Gasteiger partial charge on any atom is -0.495 e. The van der Waals surface area contributed by atoms with Crippen LogP contribution < -0.4 is 14.8 Å². The maximum absolute atomic E-state index is 12.4. The number of anilines is 1. The third-order valence-electron chi connectivity index (χ3n) is 3.75. The first kappa shape index (κ1) is 16.8. The fourth-order valence-corrected chi connectivity index (χ4v) is 3.85. The van der Waals surface area contributed by atoms with E-state index in [2.05, 4.69) is 10.0 Å². The summed E-state index contributed by atoms with van der Waals surface area (Å²) in [5.74, 6) is 0.234. The third-order valence-corrected chi connectivity index (χ3v) is 5.27. The van der Waals surface area contributed by atoms with E-state index in [1.807, 2.05) is 0 Å². The molecule has 1 aromatic rings. The minimum absolute atomic E-state index is 0.000726. The first-order chi connectivity index (χ1) is 10.5.